The van der Waals surface area contributed by atoms with Crippen molar-refractivity contribution in [2.24, 2.45) is 29.1 Å². The van der Waals surface area contributed by atoms with E-state index in [4.69, 9.17) is 16.3 Å². The summed E-state index contributed by atoms with van der Waals surface area (Å²) >= 11 is 6.12. The number of aromatic hydroxyl groups is 1. The van der Waals surface area contributed by atoms with Crippen LogP contribution in [-0.2, 0) is 25.7 Å². The minimum Gasteiger partial charge on any atom is -0.504 e. The largest absolute Gasteiger partial charge is 0.504 e. The molecular formula is C41H41ClFN3O6. The van der Waals surface area contributed by atoms with Crippen LogP contribution in [0.1, 0.15) is 56.6 Å². The van der Waals surface area contributed by atoms with Gasteiger partial charge in [-0.05, 0) is 75.3 Å². The highest BCUT2D eigenvalue weighted by molar-refractivity contribution is 6.31. The van der Waals surface area contributed by atoms with Crippen molar-refractivity contribution < 1.29 is 33.4 Å². The predicted molar refractivity (Wildman–Crippen MR) is 192 cm³/mol. The zero-order valence-electron chi connectivity index (χ0n) is 29.1. The highest BCUT2D eigenvalue weighted by Crippen LogP contribution is 2.65. The SMILES string of the molecule is CCOc1cccc(C2C3=CCC4C(=O)N(C5CCN(Cc6ccccc6)CC5)C(=O)C4C3CC3C(=O)N(c4ccc(F)c(Cl)c4)C(=O)C32C)c1O. The van der Waals surface area contributed by atoms with Crippen LogP contribution in [0.4, 0.5) is 10.1 Å². The van der Waals surface area contributed by atoms with Crippen molar-refractivity contribution in [3.8, 4) is 11.5 Å². The monoisotopic (exact) mass is 725 g/mol. The summed E-state index contributed by atoms with van der Waals surface area (Å²) in [7, 11) is 0. The molecule has 0 radical (unpaired) electrons. The molecule has 8 rings (SSSR count). The number of nitrogens with zero attached hydrogens (tertiary/aromatic N) is 3. The Kier molecular flexibility index (Phi) is 8.73. The molecular weight excluding hydrogens is 685 g/mol. The number of allylic oxidation sites excluding steroid dienone is 2. The van der Waals surface area contributed by atoms with Crippen molar-refractivity contribution in [1.29, 1.82) is 0 Å². The lowest BCUT2D eigenvalue weighted by Crippen LogP contribution is -2.49. The molecule has 4 amide bonds. The molecule has 11 heteroatoms. The molecule has 1 N–H and O–H groups in total. The summed E-state index contributed by atoms with van der Waals surface area (Å²) in [6.45, 7) is 6.16. The third-order valence-electron chi connectivity index (χ3n) is 12.3. The van der Waals surface area contributed by atoms with E-state index < -0.39 is 52.6 Å². The molecule has 3 aromatic rings. The number of benzene rings is 3. The number of piperidine rings is 1. The summed E-state index contributed by atoms with van der Waals surface area (Å²) in [5.74, 6) is -5.46. The predicted octanol–water partition coefficient (Wildman–Crippen LogP) is 6.48. The van der Waals surface area contributed by atoms with Crippen LogP contribution in [0.25, 0.3) is 0 Å². The van der Waals surface area contributed by atoms with Gasteiger partial charge in [-0.3, -0.25) is 29.0 Å². The normalized spacial score (nSPS) is 29.2. The number of imide groups is 2. The van der Waals surface area contributed by atoms with Gasteiger partial charge in [-0.2, -0.15) is 0 Å². The molecule has 2 aliphatic carbocycles. The van der Waals surface area contributed by atoms with Gasteiger partial charge in [-0.1, -0.05) is 65.7 Å². The van der Waals surface area contributed by atoms with Crippen molar-refractivity contribution in [1.82, 2.24) is 9.80 Å². The zero-order valence-corrected chi connectivity index (χ0v) is 29.9. The number of amides is 4. The van der Waals surface area contributed by atoms with Gasteiger partial charge >= 0.3 is 0 Å². The number of rotatable bonds is 7. The van der Waals surface area contributed by atoms with Gasteiger partial charge in [0.15, 0.2) is 11.5 Å². The van der Waals surface area contributed by atoms with Gasteiger partial charge < -0.3 is 9.84 Å². The summed E-state index contributed by atoms with van der Waals surface area (Å²) < 4.78 is 20.0. The summed E-state index contributed by atoms with van der Waals surface area (Å²) in [6, 6.07) is 18.9. The van der Waals surface area contributed by atoms with Crippen LogP contribution in [0.2, 0.25) is 5.02 Å². The zero-order chi connectivity index (χ0) is 36.5. The van der Waals surface area contributed by atoms with Crippen LogP contribution in [0.3, 0.4) is 0 Å². The van der Waals surface area contributed by atoms with Crippen LogP contribution in [0.5, 0.6) is 11.5 Å². The van der Waals surface area contributed by atoms with Gasteiger partial charge in [0.25, 0.3) is 0 Å². The molecule has 3 heterocycles. The molecule has 0 spiro atoms. The van der Waals surface area contributed by atoms with E-state index >= 15 is 0 Å². The van der Waals surface area contributed by atoms with Crippen LogP contribution >= 0.6 is 11.6 Å². The van der Waals surface area contributed by atoms with E-state index in [-0.39, 0.29) is 46.5 Å². The van der Waals surface area contributed by atoms with Gasteiger partial charge in [-0.15, -0.1) is 0 Å². The molecule has 9 nitrogen and oxygen atoms in total. The van der Waals surface area contributed by atoms with Crippen LogP contribution in [0, 0.1) is 34.9 Å². The number of halogens is 2. The number of likely N-dealkylation sites (tertiary alicyclic amines) is 2. The molecule has 4 fully saturated rings. The number of hydrogen-bond donors (Lipinski definition) is 1. The lowest BCUT2D eigenvalue weighted by molar-refractivity contribution is -0.144. The highest BCUT2D eigenvalue weighted by Gasteiger charge is 2.68. The fourth-order valence-corrected chi connectivity index (χ4v) is 10.0. The van der Waals surface area contributed by atoms with Gasteiger partial charge in [0.2, 0.25) is 23.6 Å². The van der Waals surface area contributed by atoms with Crippen LogP contribution in [-0.4, -0.2) is 64.3 Å². The minimum atomic E-state index is -1.38. The van der Waals surface area contributed by atoms with Crippen molar-refractivity contribution in [2.45, 2.75) is 58.0 Å². The molecule has 6 unspecified atom stereocenters. The Morgan fingerprint density at radius 2 is 1.69 bits per heavy atom. The first-order valence-electron chi connectivity index (χ1n) is 18.2. The average molecular weight is 726 g/mol. The molecule has 270 valence electrons. The third kappa shape index (κ3) is 5.28. The van der Waals surface area contributed by atoms with Crippen molar-refractivity contribution >= 4 is 40.9 Å². The number of hydrogen-bond acceptors (Lipinski definition) is 7. The van der Waals surface area contributed by atoms with Crippen molar-refractivity contribution in [3.63, 3.8) is 0 Å². The van der Waals surface area contributed by atoms with E-state index in [1.807, 2.05) is 24.3 Å². The van der Waals surface area contributed by atoms with E-state index in [0.717, 1.165) is 36.2 Å². The third-order valence-corrected chi connectivity index (χ3v) is 12.6. The fraction of sp³-hybridized carbons (Fsp3) is 0.415. The van der Waals surface area contributed by atoms with E-state index in [1.54, 1.807) is 32.0 Å². The molecule has 6 atom stereocenters. The summed E-state index contributed by atoms with van der Waals surface area (Å²) in [5.41, 5.74) is 1.16. The number of carbonyl (C=O) groups is 4. The lowest BCUT2D eigenvalue weighted by atomic mass is 9.51. The van der Waals surface area contributed by atoms with E-state index in [2.05, 4.69) is 17.0 Å². The van der Waals surface area contributed by atoms with Gasteiger partial charge in [0, 0.05) is 37.2 Å². The summed E-state index contributed by atoms with van der Waals surface area (Å²) in [6.07, 6.45) is 3.81. The Hall–Kier alpha value is -4.54. The maximum Gasteiger partial charge on any atom is 0.241 e. The number of phenols is 1. The van der Waals surface area contributed by atoms with E-state index in [1.165, 1.54) is 22.6 Å². The molecule has 1 saturated carbocycles. The van der Waals surface area contributed by atoms with E-state index in [9.17, 15) is 28.7 Å². The second kappa shape index (κ2) is 13.1. The molecule has 0 bridgehead atoms. The van der Waals surface area contributed by atoms with Crippen LogP contribution < -0.4 is 9.64 Å². The van der Waals surface area contributed by atoms with Gasteiger partial charge in [0.1, 0.15) is 5.82 Å². The Balaban J connectivity index is 1.15. The van der Waals surface area contributed by atoms with E-state index in [0.29, 0.717) is 31.4 Å². The molecule has 0 aromatic heterocycles. The second-order valence-corrected chi connectivity index (χ2v) is 15.3. The second-order valence-electron chi connectivity index (χ2n) is 14.9. The molecule has 3 aliphatic heterocycles. The van der Waals surface area contributed by atoms with Gasteiger partial charge in [-0.25, -0.2) is 9.29 Å². The topological polar surface area (TPSA) is 107 Å². The number of ether oxygens (including phenoxy) is 1. The molecule has 52 heavy (non-hydrogen) atoms. The maximum atomic E-state index is 14.7. The summed E-state index contributed by atoms with van der Waals surface area (Å²) in [4.78, 5) is 62.8. The molecule has 3 aromatic carbocycles. The number of anilines is 1. The fourth-order valence-electron chi connectivity index (χ4n) is 9.84. The Bertz CT molecular complexity index is 2000. The van der Waals surface area contributed by atoms with Crippen LogP contribution in [0.15, 0.2) is 78.4 Å². The minimum absolute atomic E-state index is 0.140. The maximum absolute atomic E-state index is 14.7. The first-order chi connectivity index (χ1) is 25.0. The molecule has 3 saturated heterocycles. The van der Waals surface area contributed by atoms with Crippen molar-refractivity contribution in [3.05, 3.63) is 100 Å². The Morgan fingerprint density at radius 3 is 2.40 bits per heavy atom. The van der Waals surface area contributed by atoms with Gasteiger partial charge in [0.05, 0.1) is 40.5 Å². The highest BCUT2D eigenvalue weighted by atomic mass is 35.5. The average Bonchev–Trinajstić information content (AvgIpc) is 3.51. The number of para-hydroxylation sites is 1. The first kappa shape index (κ1) is 34.5. The first-order valence-corrected chi connectivity index (χ1v) is 18.5. The lowest BCUT2D eigenvalue weighted by Gasteiger charge is -2.49. The Labute approximate surface area is 307 Å². The Morgan fingerprint density at radius 1 is 0.942 bits per heavy atom. The smallest absolute Gasteiger partial charge is 0.241 e. The quantitative estimate of drug-likeness (QED) is 0.220. The standard InChI is InChI=1S/C41H41ClFN3O6/c1-3-52-33-11-7-10-28(36(33)47)35-26-13-14-27-34(39(50)45(37(27)48)24-16-18-44(19-17-24)22-23-8-5-4-6-9-23)29(26)21-30-38(49)46(40(51)41(30,35)2)25-12-15-32(43)31(42)20-25/h4-13,15,20,24,27,29-30,34-35,47H,3,14,16-19,21-22H2,1-2H3. The number of fused-ring (bicyclic) bond motifs is 4. The molecule has 5 aliphatic rings. The number of carbonyl (C=O) groups excluding carboxylic acids is 4. The number of phenolic OH excluding ortho intramolecular Hbond substituents is 1. The van der Waals surface area contributed by atoms with Crippen molar-refractivity contribution in [2.75, 3.05) is 24.6 Å². The summed E-state index contributed by atoms with van der Waals surface area (Å²) in [5, 5.41) is 11.4.